The van der Waals surface area contributed by atoms with E-state index in [1.807, 2.05) is 18.2 Å². The molecule has 1 atom stereocenters. The molecule has 2 heteroatoms. The number of ketones is 1. The van der Waals surface area contributed by atoms with Crippen molar-refractivity contribution < 1.29 is 9.53 Å². The van der Waals surface area contributed by atoms with Gasteiger partial charge in [0.2, 0.25) is 0 Å². The highest BCUT2D eigenvalue weighted by molar-refractivity contribution is 5.91. The Morgan fingerprint density at radius 2 is 1.86 bits per heavy atom. The normalized spacial score (nSPS) is 25.1. The van der Waals surface area contributed by atoms with Gasteiger partial charge in [-0.1, -0.05) is 43.2 Å². The van der Waals surface area contributed by atoms with Gasteiger partial charge in [-0.2, -0.15) is 0 Å². The van der Waals surface area contributed by atoms with Crippen molar-refractivity contribution in [3.05, 3.63) is 35.9 Å². The van der Waals surface area contributed by atoms with Crippen molar-refractivity contribution in [3.63, 3.8) is 0 Å². The summed E-state index contributed by atoms with van der Waals surface area (Å²) in [5, 5.41) is 0. The Kier molecular flexibility index (Phi) is 3.92. The summed E-state index contributed by atoms with van der Waals surface area (Å²) in [6, 6.07) is 10.2. The molecule has 0 radical (unpaired) electrons. The van der Waals surface area contributed by atoms with E-state index in [0.29, 0.717) is 5.78 Å². The van der Waals surface area contributed by atoms with Gasteiger partial charge in [-0.3, -0.25) is 4.79 Å². The van der Waals surface area contributed by atoms with Crippen LogP contribution in [0, 0.1) is 5.92 Å². The molecule has 2 nitrogen and oxygen atoms in total. The summed E-state index contributed by atoms with van der Waals surface area (Å²) in [5.41, 5.74) is 0.746. The number of Topliss-reactive ketones (excluding diaryl/α,β-unsaturated/α-hetero) is 1. The molecule has 0 bridgehead atoms. The van der Waals surface area contributed by atoms with E-state index in [9.17, 15) is 4.79 Å². The van der Waals surface area contributed by atoms with Gasteiger partial charge < -0.3 is 4.74 Å². The lowest BCUT2D eigenvalue weighted by molar-refractivity contribution is -0.140. The molecule has 1 aromatic carbocycles. The summed E-state index contributed by atoms with van der Waals surface area (Å²) in [6.07, 6.45) is 6.61. The van der Waals surface area contributed by atoms with Crippen LogP contribution in [-0.4, -0.2) is 18.0 Å². The van der Waals surface area contributed by atoms with Gasteiger partial charge >= 0.3 is 0 Å². The molecule has 1 heterocycles. The second kappa shape index (κ2) is 5.57. The molecule has 1 aromatic rings. The SMILES string of the molecule is CC(C)(C(=O)C1CCOC2(CCCC2)C1)c1ccccc1. The van der Waals surface area contributed by atoms with Crippen LogP contribution in [0.15, 0.2) is 30.3 Å². The van der Waals surface area contributed by atoms with E-state index in [1.165, 1.54) is 12.8 Å². The largest absolute Gasteiger partial charge is 0.375 e. The van der Waals surface area contributed by atoms with Crippen LogP contribution in [-0.2, 0) is 14.9 Å². The number of hydrogen-bond acceptors (Lipinski definition) is 2. The molecule has 3 rings (SSSR count). The lowest BCUT2D eigenvalue weighted by atomic mass is 9.71. The maximum atomic E-state index is 13.1. The van der Waals surface area contributed by atoms with Crippen LogP contribution in [0.2, 0.25) is 0 Å². The molecule has 1 saturated carbocycles. The van der Waals surface area contributed by atoms with Gasteiger partial charge in [0.25, 0.3) is 0 Å². The van der Waals surface area contributed by atoms with Crippen molar-refractivity contribution in [3.8, 4) is 0 Å². The molecule has 2 fully saturated rings. The zero-order valence-corrected chi connectivity index (χ0v) is 13.2. The smallest absolute Gasteiger partial charge is 0.146 e. The fourth-order valence-electron chi connectivity index (χ4n) is 4.13. The number of carbonyl (C=O) groups is 1. The van der Waals surface area contributed by atoms with Crippen LogP contribution in [0.5, 0.6) is 0 Å². The lowest BCUT2D eigenvalue weighted by Gasteiger charge is -2.40. The molecule has 1 spiro atoms. The third kappa shape index (κ3) is 2.78. The van der Waals surface area contributed by atoms with Crippen LogP contribution in [0.3, 0.4) is 0 Å². The average Bonchev–Trinajstić information content (AvgIpc) is 2.95. The quantitative estimate of drug-likeness (QED) is 0.829. The Bertz CT molecular complexity index is 498. The first kappa shape index (κ1) is 14.8. The van der Waals surface area contributed by atoms with Crippen LogP contribution in [0.25, 0.3) is 0 Å². The summed E-state index contributed by atoms with van der Waals surface area (Å²) in [6.45, 7) is 4.89. The standard InChI is InChI=1S/C19H26O2/c1-18(2,16-8-4-3-5-9-16)17(20)15-10-13-21-19(14-15)11-6-7-12-19/h3-5,8-9,15H,6-7,10-14H2,1-2H3. The molecule has 1 saturated heterocycles. The van der Waals surface area contributed by atoms with E-state index in [0.717, 1.165) is 37.9 Å². The zero-order valence-electron chi connectivity index (χ0n) is 13.2. The van der Waals surface area contributed by atoms with Crippen molar-refractivity contribution in [2.24, 2.45) is 5.92 Å². The van der Waals surface area contributed by atoms with E-state index in [4.69, 9.17) is 4.74 Å². The lowest BCUT2D eigenvalue weighted by Crippen LogP contribution is -2.44. The second-order valence-corrected chi connectivity index (χ2v) is 7.28. The first-order valence-electron chi connectivity index (χ1n) is 8.27. The Morgan fingerprint density at radius 1 is 1.19 bits per heavy atom. The molecular weight excluding hydrogens is 260 g/mol. The maximum Gasteiger partial charge on any atom is 0.146 e. The van der Waals surface area contributed by atoms with Gasteiger partial charge in [-0.05, 0) is 45.1 Å². The summed E-state index contributed by atoms with van der Waals surface area (Å²) < 4.78 is 6.07. The first-order chi connectivity index (χ1) is 10.0. The maximum absolute atomic E-state index is 13.1. The number of carbonyl (C=O) groups excluding carboxylic acids is 1. The van der Waals surface area contributed by atoms with Gasteiger partial charge in [0, 0.05) is 17.9 Å². The third-order valence-electron chi connectivity index (χ3n) is 5.49. The van der Waals surface area contributed by atoms with E-state index >= 15 is 0 Å². The third-order valence-corrected chi connectivity index (χ3v) is 5.49. The van der Waals surface area contributed by atoms with E-state index in [1.54, 1.807) is 0 Å². The average molecular weight is 286 g/mol. The van der Waals surface area contributed by atoms with Gasteiger partial charge in [0.05, 0.1) is 5.60 Å². The van der Waals surface area contributed by atoms with Crippen LogP contribution >= 0.6 is 0 Å². The minimum atomic E-state index is -0.400. The second-order valence-electron chi connectivity index (χ2n) is 7.28. The molecule has 1 aliphatic carbocycles. The minimum absolute atomic E-state index is 0.0192. The van der Waals surface area contributed by atoms with Crippen molar-refractivity contribution in [2.45, 2.75) is 63.4 Å². The van der Waals surface area contributed by atoms with E-state index in [-0.39, 0.29) is 11.5 Å². The summed E-state index contributed by atoms with van der Waals surface area (Å²) in [5.74, 6) is 0.551. The Labute approximate surface area is 127 Å². The van der Waals surface area contributed by atoms with E-state index < -0.39 is 5.41 Å². The molecule has 0 aromatic heterocycles. The highest BCUT2D eigenvalue weighted by Gasteiger charge is 2.45. The molecular formula is C19H26O2. The van der Waals surface area contributed by atoms with E-state index in [2.05, 4.69) is 26.0 Å². The number of rotatable bonds is 3. The number of hydrogen-bond donors (Lipinski definition) is 0. The van der Waals surface area contributed by atoms with Crippen molar-refractivity contribution >= 4 is 5.78 Å². The predicted octanol–water partition coefficient (Wildman–Crippen LogP) is 4.27. The predicted molar refractivity (Wildman–Crippen MR) is 84.4 cm³/mol. The molecule has 2 aliphatic rings. The molecule has 1 aliphatic heterocycles. The Morgan fingerprint density at radius 3 is 2.52 bits per heavy atom. The molecule has 114 valence electrons. The minimum Gasteiger partial charge on any atom is -0.375 e. The van der Waals surface area contributed by atoms with Gasteiger partial charge in [-0.25, -0.2) is 0 Å². The van der Waals surface area contributed by atoms with Crippen molar-refractivity contribution in [2.75, 3.05) is 6.61 Å². The molecule has 0 N–H and O–H groups in total. The van der Waals surface area contributed by atoms with Gasteiger partial charge in [0.1, 0.15) is 5.78 Å². The number of benzene rings is 1. The molecule has 21 heavy (non-hydrogen) atoms. The molecule has 1 unspecified atom stereocenters. The van der Waals surface area contributed by atoms with Crippen LogP contribution in [0.4, 0.5) is 0 Å². The van der Waals surface area contributed by atoms with Crippen molar-refractivity contribution in [1.29, 1.82) is 0 Å². The summed E-state index contributed by atoms with van der Waals surface area (Å²) in [7, 11) is 0. The topological polar surface area (TPSA) is 26.3 Å². The highest BCUT2D eigenvalue weighted by Crippen LogP contribution is 2.44. The van der Waals surface area contributed by atoms with Crippen molar-refractivity contribution in [1.82, 2.24) is 0 Å². The monoisotopic (exact) mass is 286 g/mol. The number of ether oxygens (including phenoxy) is 1. The van der Waals surface area contributed by atoms with Crippen LogP contribution in [0.1, 0.15) is 57.9 Å². The Hall–Kier alpha value is -1.15. The summed E-state index contributed by atoms with van der Waals surface area (Å²) in [4.78, 5) is 13.1. The van der Waals surface area contributed by atoms with Gasteiger partial charge in [0.15, 0.2) is 0 Å². The summed E-state index contributed by atoms with van der Waals surface area (Å²) >= 11 is 0. The first-order valence-corrected chi connectivity index (χ1v) is 8.27. The Balaban J connectivity index is 1.78. The fourth-order valence-corrected chi connectivity index (χ4v) is 4.13. The highest BCUT2D eigenvalue weighted by atomic mass is 16.5. The van der Waals surface area contributed by atoms with Crippen LogP contribution < -0.4 is 0 Å². The molecule has 0 amide bonds. The van der Waals surface area contributed by atoms with Gasteiger partial charge in [-0.15, -0.1) is 0 Å². The fraction of sp³-hybridized carbons (Fsp3) is 0.632. The zero-order chi connectivity index (χ0) is 14.9.